The molecule has 85 heavy (non-hydrogen) atoms. The quantitative estimate of drug-likeness (QED) is 0.0169. The van der Waals surface area contributed by atoms with Crippen LogP contribution in [-0.4, -0.2) is 117 Å². The van der Waals surface area contributed by atoms with Gasteiger partial charge in [0.2, 0.25) is 0 Å². The molecule has 2 aliphatic heterocycles. The van der Waals surface area contributed by atoms with Crippen molar-refractivity contribution in [2.24, 2.45) is 20.5 Å². The molecule has 14 atom stereocenters. The number of hydrogen-bond acceptors (Lipinski definition) is 17. The van der Waals surface area contributed by atoms with E-state index in [0.29, 0.717) is 0 Å². The van der Waals surface area contributed by atoms with Crippen molar-refractivity contribution in [2.45, 2.75) is 118 Å². The number of benzene rings is 6. The fraction of sp³-hybridized carbons (Fsp3) is 0.350. The zero-order valence-corrected chi connectivity index (χ0v) is 45.5. The van der Waals surface area contributed by atoms with Gasteiger partial charge >= 0.3 is 17.9 Å². The lowest BCUT2D eigenvalue weighted by atomic mass is 9.86. The van der Waals surface area contributed by atoms with Crippen molar-refractivity contribution in [1.29, 1.82) is 0 Å². The first kappa shape index (κ1) is 60.3. The first-order valence-corrected chi connectivity index (χ1v) is 27.2. The van der Waals surface area contributed by atoms with E-state index in [1.54, 1.807) is 54.6 Å². The third-order valence-corrected chi connectivity index (χ3v) is 14.3. The van der Waals surface area contributed by atoms with Crippen LogP contribution in [0.1, 0.15) is 60.6 Å². The Balaban J connectivity index is 1.07. The van der Waals surface area contributed by atoms with Crippen molar-refractivity contribution in [3.63, 3.8) is 0 Å². The van der Waals surface area contributed by atoms with E-state index in [9.17, 15) is 36.5 Å². The lowest BCUT2D eigenvalue weighted by Crippen LogP contribution is -2.64. The van der Waals surface area contributed by atoms with E-state index >= 15 is 0 Å². The summed E-state index contributed by atoms with van der Waals surface area (Å²) in [6.07, 6.45) is -16.7. The molecule has 0 amide bonds. The number of nitrogens with zero attached hydrogens (tertiary/aromatic N) is 12. The molecule has 0 aromatic heterocycles. The molecule has 25 heteroatoms. The molecule has 436 valence electrons. The highest BCUT2D eigenvalue weighted by molar-refractivity contribution is 5.91. The molecule has 0 radical (unpaired) electrons. The first-order chi connectivity index (χ1) is 41.7. The van der Waals surface area contributed by atoms with Gasteiger partial charge in [0.15, 0.2) is 30.9 Å². The molecule has 0 N–H and O–H groups in total. The molecule has 2 heterocycles. The topological polar surface area (TPSA) is 339 Å². The maximum Gasteiger partial charge on any atom is 0.338 e. The molecule has 3 fully saturated rings. The van der Waals surface area contributed by atoms with Crippen LogP contribution in [0.4, 0.5) is 0 Å². The van der Waals surface area contributed by atoms with Gasteiger partial charge in [0.1, 0.15) is 24.4 Å². The highest BCUT2D eigenvalue weighted by atomic mass is 16.7. The summed E-state index contributed by atoms with van der Waals surface area (Å²) in [6, 6.07) is 49.5. The summed E-state index contributed by atoms with van der Waals surface area (Å²) >= 11 is 0. The van der Waals surface area contributed by atoms with Gasteiger partial charge in [-0.3, -0.25) is 0 Å². The number of carbonyl (C=O) groups excluding carboxylic acids is 3. The third-order valence-electron chi connectivity index (χ3n) is 14.3. The van der Waals surface area contributed by atoms with Crippen molar-refractivity contribution < 1.29 is 61.8 Å². The summed E-state index contributed by atoms with van der Waals surface area (Å²) in [5, 5.41) is 15.9. The molecule has 0 spiro atoms. The van der Waals surface area contributed by atoms with Gasteiger partial charge in [-0.1, -0.05) is 166 Å². The molecule has 9 rings (SSSR count). The molecular formula is C60H58N12O13. The van der Waals surface area contributed by atoms with Gasteiger partial charge in [-0.05, 0) is 88.1 Å². The summed E-state index contributed by atoms with van der Waals surface area (Å²) in [5.74, 6) is -2.76. The maximum atomic E-state index is 14.2. The highest BCUT2D eigenvalue weighted by Crippen LogP contribution is 2.39. The van der Waals surface area contributed by atoms with Crippen LogP contribution in [0.2, 0.25) is 0 Å². The van der Waals surface area contributed by atoms with E-state index < -0.39 is 110 Å². The number of hydrogen-bond donors (Lipinski definition) is 0. The maximum absolute atomic E-state index is 14.2. The van der Waals surface area contributed by atoms with Gasteiger partial charge in [-0.25, -0.2) is 14.4 Å². The van der Waals surface area contributed by atoms with Crippen LogP contribution in [0.3, 0.4) is 0 Å². The monoisotopic (exact) mass is 1150 g/mol. The Labute approximate surface area is 487 Å². The molecule has 6 aromatic rings. The predicted octanol–water partition coefficient (Wildman–Crippen LogP) is 11.4. The van der Waals surface area contributed by atoms with Gasteiger partial charge < -0.3 is 47.4 Å². The molecular weight excluding hydrogens is 1100 g/mol. The Morgan fingerprint density at radius 1 is 0.400 bits per heavy atom. The average molecular weight is 1160 g/mol. The molecule has 6 aromatic carbocycles. The average Bonchev–Trinajstić information content (AvgIpc) is 2.72. The van der Waals surface area contributed by atoms with Crippen LogP contribution in [-0.2, 0) is 67.2 Å². The number of rotatable bonds is 25. The Hall–Kier alpha value is -9.31. The van der Waals surface area contributed by atoms with E-state index in [1.165, 1.54) is 36.4 Å². The molecule has 2 saturated heterocycles. The van der Waals surface area contributed by atoms with E-state index in [4.69, 9.17) is 47.4 Å². The fourth-order valence-electron chi connectivity index (χ4n) is 10.2. The molecule has 0 unspecified atom stereocenters. The van der Waals surface area contributed by atoms with Gasteiger partial charge in [0.25, 0.3) is 0 Å². The van der Waals surface area contributed by atoms with E-state index in [2.05, 4.69) is 40.1 Å². The van der Waals surface area contributed by atoms with Crippen molar-refractivity contribution in [1.82, 2.24) is 0 Å². The standard InChI is InChI=1S/C60H58N12O13/c61-69-65-33-48-50(76-35-38-19-7-1-8-20-38)52(77-36-39-21-9-2-10-22-39)54(78-37-40-23-11-3-12-24-40)59(81-48)79-46-31-45(68-72-64)47(32-44(46)67-71-63)80-60-55(85-58(75)43-29-17-6-18-30-43)53(84-57(74)42-27-15-5-16-28-42)51(49(82-60)34-66-70-62)83-56(73)41-25-13-4-14-26-41/h1-30,44-55,59-60H,31-37H2/t44-,45-,46-,47-,48+,49-,50+,51-,52-,53+,54+,55-,59-,60-/m0/s1. The Morgan fingerprint density at radius 3 is 1.12 bits per heavy atom. The minimum Gasteiger partial charge on any atom is -0.452 e. The Morgan fingerprint density at radius 2 is 0.729 bits per heavy atom. The number of ether oxygens (including phenoxy) is 10. The molecule has 1 aliphatic carbocycles. The van der Waals surface area contributed by atoms with Crippen LogP contribution < -0.4 is 0 Å². The van der Waals surface area contributed by atoms with Crippen molar-refractivity contribution in [3.05, 3.63) is 257 Å². The normalized spacial score (nSPS) is 26.1. The fourth-order valence-corrected chi connectivity index (χ4v) is 10.2. The van der Waals surface area contributed by atoms with Crippen LogP contribution in [0, 0.1) is 0 Å². The van der Waals surface area contributed by atoms with E-state index in [1.807, 2.05) is 91.0 Å². The zero-order valence-electron chi connectivity index (χ0n) is 45.5. The second-order valence-corrected chi connectivity index (χ2v) is 19.8. The predicted molar refractivity (Wildman–Crippen MR) is 302 cm³/mol. The zero-order chi connectivity index (χ0) is 59.2. The summed E-state index contributed by atoms with van der Waals surface area (Å²) < 4.78 is 65.6. The van der Waals surface area contributed by atoms with Gasteiger partial charge in [0, 0.05) is 19.6 Å². The van der Waals surface area contributed by atoms with Crippen molar-refractivity contribution >= 4 is 17.9 Å². The molecule has 0 bridgehead atoms. The Kier molecular flexibility index (Phi) is 21.9. The number of azide groups is 4. The number of carbonyl (C=O) groups is 3. The largest absolute Gasteiger partial charge is 0.452 e. The summed E-state index contributed by atoms with van der Waals surface area (Å²) in [7, 11) is 0. The van der Waals surface area contributed by atoms with Crippen molar-refractivity contribution in [2.75, 3.05) is 13.1 Å². The second-order valence-electron chi connectivity index (χ2n) is 19.8. The summed E-state index contributed by atoms with van der Waals surface area (Å²) in [4.78, 5) is 54.7. The van der Waals surface area contributed by atoms with E-state index in [0.717, 1.165) is 16.7 Å². The number of esters is 3. The highest BCUT2D eigenvalue weighted by Gasteiger charge is 2.56. The van der Waals surface area contributed by atoms with Crippen LogP contribution in [0.25, 0.3) is 41.8 Å². The molecule has 1 saturated carbocycles. The lowest BCUT2D eigenvalue weighted by Gasteiger charge is -2.48. The van der Waals surface area contributed by atoms with Crippen LogP contribution in [0.5, 0.6) is 0 Å². The lowest BCUT2D eigenvalue weighted by molar-refractivity contribution is -0.335. The second kappa shape index (κ2) is 30.8. The van der Waals surface area contributed by atoms with Crippen molar-refractivity contribution in [3.8, 4) is 0 Å². The van der Waals surface area contributed by atoms with Crippen LogP contribution in [0.15, 0.2) is 202 Å². The third kappa shape index (κ3) is 16.3. The minimum absolute atomic E-state index is 0.0418. The van der Waals surface area contributed by atoms with Gasteiger partial charge in [-0.2, -0.15) is 0 Å². The molecule has 25 nitrogen and oxygen atoms in total. The summed E-state index contributed by atoms with van der Waals surface area (Å²) in [6.45, 7) is -0.532. The molecule has 3 aliphatic rings. The van der Waals surface area contributed by atoms with E-state index in [-0.39, 0.29) is 55.9 Å². The Bertz CT molecular complexity index is 3330. The van der Waals surface area contributed by atoms with Crippen LogP contribution >= 0.6 is 0 Å². The smallest absolute Gasteiger partial charge is 0.338 e. The SMILES string of the molecule is [N-]=[N+]=NC[C@@H]1O[C@H](O[C@H]2C[C@H](N=[N+]=[N-])[C@@H](O[C@H]3O[C@H](CN=[N+]=[N-])[C@@H](OCc4ccccc4)[C@H](OCc4ccccc4)[C@H]3OCc3ccccc3)C[C@@H]2N=[N+]=[N-])[C@@H](OC(=O)c2ccccc2)[C@H](OC(=O)c2ccccc2)[C@H]1OC(=O)c1ccccc1. The summed E-state index contributed by atoms with van der Waals surface area (Å²) in [5.41, 5.74) is 42.4. The van der Waals surface area contributed by atoms with Gasteiger partial charge in [-0.15, -0.1) is 0 Å². The van der Waals surface area contributed by atoms with Gasteiger partial charge in [0.05, 0.1) is 80.0 Å². The minimum atomic E-state index is -1.79. The first-order valence-electron chi connectivity index (χ1n) is 27.2.